The lowest BCUT2D eigenvalue weighted by Crippen LogP contribution is -2.35. The van der Waals surface area contributed by atoms with Crippen molar-refractivity contribution in [2.24, 2.45) is 5.92 Å². The maximum atomic E-state index is 4.81. The van der Waals surface area contributed by atoms with Gasteiger partial charge in [0.1, 0.15) is 0 Å². The first kappa shape index (κ1) is 8.99. The lowest BCUT2D eigenvalue weighted by molar-refractivity contribution is 0.506. The van der Waals surface area contributed by atoms with Crippen LogP contribution in [-0.2, 0) is 0 Å². The van der Waals surface area contributed by atoms with Gasteiger partial charge in [-0.15, -0.1) is 11.3 Å². The van der Waals surface area contributed by atoms with Crippen molar-refractivity contribution in [1.82, 2.24) is 9.38 Å². The average Bonchev–Trinajstić information content (AvgIpc) is 2.88. The van der Waals surface area contributed by atoms with Crippen LogP contribution in [0.5, 0.6) is 0 Å². The molecule has 1 unspecified atom stereocenters. The first-order chi connectivity index (χ1) is 7.93. The number of fused-ring (bicyclic) bond motifs is 4. The molecule has 1 atom stereocenters. The van der Waals surface area contributed by atoms with Gasteiger partial charge < -0.3 is 0 Å². The van der Waals surface area contributed by atoms with E-state index in [0.29, 0.717) is 0 Å². The van der Waals surface area contributed by atoms with Crippen molar-refractivity contribution in [2.75, 3.05) is 0 Å². The summed E-state index contributed by atoms with van der Waals surface area (Å²) in [6.45, 7) is 0. The Labute approximate surface area is 97.9 Å². The Morgan fingerprint density at radius 3 is 3.38 bits per heavy atom. The second-order valence-electron chi connectivity index (χ2n) is 4.81. The monoisotopic (exact) mass is 230 g/mol. The summed E-state index contributed by atoms with van der Waals surface area (Å²) in [7, 11) is 0. The molecule has 2 aliphatic carbocycles. The summed E-state index contributed by atoms with van der Waals surface area (Å²) in [5, 5.41) is 4.78. The number of thiazole rings is 1. The van der Waals surface area contributed by atoms with Gasteiger partial charge in [0, 0.05) is 11.6 Å². The maximum Gasteiger partial charge on any atom is 0.194 e. The van der Waals surface area contributed by atoms with Crippen molar-refractivity contribution in [3.8, 4) is 0 Å². The smallest absolute Gasteiger partial charge is 0.194 e. The SMILES string of the molecule is C1=c2c(nc3sccn23)=C2CCCCC2C1. The average molecular weight is 230 g/mol. The van der Waals surface area contributed by atoms with E-state index in [4.69, 9.17) is 4.98 Å². The summed E-state index contributed by atoms with van der Waals surface area (Å²) in [5.41, 5.74) is 1.64. The fraction of sp³-hybridized carbons (Fsp3) is 0.462. The number of imidazole rings is 1. The lowest BCUT2D eigenvalue weighted by atomic mass is 9.80. The van der Waals surface area contributed by atoms with Crippen LogP contribution < -0.4 is 10.7 Å². The third-order valence-electron chi connectivity index (χ3n) is 3.94. The Hall–Kier alpha value is -1.09. The molecule has 2 heterocycles. The first-order valence-corrected chi connectivity index (χ1v) is 6.96. The van der Waals surface area contributed by atoms with Crippen LogP contribution in [0.1, 0.15) is 32.1 Å². The molecule has 2 aromatic heterocycles. The van der Waals surface area contributed by atoms with Crippen LogP contribution in [0, 0.1) is 5.92 Å². The summed E-state index contributed by atoms with van der Waals surface area (Å²) in [5.74, 6) is 0.797. The molecule has 4 rings (SSSR count). The summed E-state index contributed by atoms with van der Waals surface area (Å²) in [6, 6.07) is 0. The zero-order valence-corrected chi connectivity index (χ0v) is 9.96. The minimum absolute atomic E-state index is 0.797. The summed E-state index contributed by atoms with van der Waals surface area (Å²) < 4.78 is 2.25. The van der Waals surface area contributed by atoms with Crippen molar-refractivity contribution in [2.45, 2.75) is 32.1 Å². The molecule has 16 heavy (non-hydrogen) atoms. The molecule has 2 aliphatic rings. The van der Waals surface area contributed by atoms with Gasteiger partial charge in [-0.1, -0.05) is 12.5 Å². The van der Waals surface area contributed by atoms with Gasteiger partial charge in [-0.05, 0) is 37.2 Å². The minimum Gasteiger partial charge on any atom is -0.291 e. The Morgan fingerprint density at radius 1 is 1.38 bits per heavy atom. The van der Waals surface area contributed by atoms with Crippen molar-refractivity contribution in [3.05, 3.63) is 22.3 Å². The van der Waals surface area contributed by atoms with Crippen LogP contribution in [0.25, 0.3) is 16.6 Å². The number of hydrogen-bond acceptors (Lipinski definition) is 2. The number of nitrogens with zero attached hydrogens (tertiary/aromatic N) is 2. The largest absolute Gasteiger partial charge is 0.291 e. The second kappa shape index (κ2) is 3.20. The van der Waals surface area contributed by atoms with Crippen LogP contribution in [0.2, 0.25) is 0 Å². The molecule has 0 aliphatic heterocycles. The topological polar surface area (TPSA) is 17.3 Å². The highest BCUT2D eigenvalue weighted by atomic mass is 32.1. The third-order valence-corrected chi connectivity index (χ3v) is 4.70. The first-order valence-electron chi connectivity index (χ1n) is 6.08. The highest BCUT2D eigenvalue weighted by Crippen LogP contribution is 2.33. The van der Waals surface area contributed by atoms with E-state index in [-0.39, 0.29) is 0 Å². The van der Waals surface area contributed by atoms with Gasteiger partial charge in [0.25, 0.3) is 0 Å². The van der Waals surface area contributed by atoms with Crippen LogP contribution in [0.4, 0.5) is 0 Å². The molecule has 0 aromatic carbocycles. The molecule has 0 bridgehead atoms. The van der Waals surface area contributed by atoms with Crippen LogP contribution >= 0.6 is 11.3 Å². The van der Waals surface area contributed by atoms with E-state index in [1.165, 1.54) is 42.8 Å². The lowest BCUT2D eigenvalue weighted by Gasteiger charge is -2.25. The van der Waals surface area contributed by atoms with Crippen LogP contribution in [-0.4, -0.2) is 9.38 Å². The zero-order valence-electron chi connectivity index (χ0n) is 9.15. The molecule has 3 heteroatoms. The predicted molar refractivity (Wildman–Crippen MR) is 66.8 cm³/mol. The number of hydrogen-bond donors (Lipinski definition) is 0. The molecule has 1 fully saturated rings. The van der Waals surface area contributed by atoms with Crippen molar-refractivity contribution >= 4 is 27.9 Å². The molecule has 0 amide bonds. The molecule has 0 saturated heterocycles. The molecule has 0 spiro atoms. The van der Waals surface area contributed by atoms with E-state index in [1.54, 1.807) is 16.9 Å². The van der Waals surface area contributed by atoms with Crippen molar-refractivity contribution in [1.29, 1.82) is 0 Å². The standard InChI is InChI=1S/C13H14N2S/c1-2-4-10-9(3-1)5-6-11-12(10)14-13-15(11)7-8-16-13/h6-9H,1-5H2. The Morgan fingerprint density at radius 2 is 2.38 bits per heavy atom. The summed E-state index contributed by atoms with van der Waals surface area (Å²) in [6.07, 6.45) is 11.2. The maximum absolute atomic E-state index is 4.81. The fourth-order valence-electron chi connectivity index (χ4n) is 3.14. The predicted octanol–water partition coefficient (Wildman–Crippen LogP) is 1.92. The molecule has 1 saturated carbocycles. The van der Waals surface area contributed by atoms with Gasteiger partial charge in [0.15, 0.2) is 4.96 Å². The van der Waals surface area contributed by atoms with Crippen LogP contribution in [0.15, 0.2) is 11.6 Å². The summed E-state index contributed by atoms with van der Waals surface area (Å²) >= 11 is 1.74. The third kappa shape index (κ3) is 1.09. The Bertz CT molecular complexity index is 662. The molecule has 2 aromatic rings. The molecule has 82 valence electrons. The van der Waals surface area contributed by atoms with Crippen molar-refractivity contribution < 1.29 is 0 Å². The van der Waals surface area contributed by atoms with E-state index in [1.807, 2.05) is 0 Å². The van der Waals surface area contributed by atoms with Gasteiger partial charge in [0.2, 0.25) is 0 Å². The van der Waals surface area contributed by atoms with E-state index >= 15 is 0 Å². The molecule has 0 radical (unpaired) electrons. The summed E-state index contributed by atoms with van der Waals surface area (Å²) in [4.78, 5) is 5.96. The normalized spacial score (nSPS) is 24.0. The van der Waals surface area contributed by atoms with E-state index < -0.39 is 0 Å². The van der Waals surface area contributed by atoms with Gasteiger partial charge in [-0.25, -0.2) is 4.98 Å². The molecular weight excluding hydrogens is 216 g/mol. The van der Waals surface area contributed by atoms with E-state index in [2.05, 4.69) is 22.1 Å². The fourth-order valence-corrected chi connectivity index (χ4v) is 3.87. The van der Waals surface area contributed by atoms with Crippen LogP contribution in [0.3, 0.4) is 0 Å². The van der Waals surface area contributed by atoms with E-state index in [9.17, 15) is 0 Å². The highest BCUT2D eigenvalue weighted by Gasteiger charge is 2.23. The van der Waals surface area contributed by atoms with Gasteiger partial charge in [-0.2, -0.15) is 0 Å². The molecule has 2 nitrogen and oxygen atoms in total. The zero-order chi connectivity index (χ0) is 10.5. The Kier molecular flexibility index (Phi) is 1.80. The molecule has 0 N–H and O–H groups in total. The van der Waals surface area contributed by atoms with Crippen molar-refractivity contribution in [3.63, 3.8) is 0 Å². The molecular formula is C13H14N2S. The number of rotatable bonds is 0. The van der Waals surface area contributed by atoms with Gasteiger partial charge >= 0.3 is 0 Å². The quantitative estimate of drug-likeness (QED) is 0.676. The van der Waals surface area contributed by atoms with Gasteiger partial charge in [0.05, 0.1) is 10.7 Å². The Balaban J connectivity index is 2.13. The van der Waals surface area contributed by atoms with Gasteiger partial charge in [-0.3, -0.25) is 4.40 Å². The van der Waals surface area contributed by atoms with E-state index in [0.717, 1.165) is 10.9 Å². The second-order valence-corrected chi connectivity index (χ2v) is 5.68. The number of aromatic nitrogens is 2. The minimum atomic E-state index is 0.797. The highest BCUT2D eigenvalue weighted by molar-refractivity contribution is 7.15.